The number of aryl methyl sites for hydroxylation is 1. The van der Waals surface area contributed by atoms with E-state index in [9.17, 15) is 9.82 Å². The van der Waals surface area contributed by atoms with Crippen LogP contribution in [0.15, 0.2) is 28.7 Å². The number of hydrogen-bond acceptors (Lipinski definition) is 9. The number of amides is 1. The van der Waals surface area contributed by atoms with Gasteiger partial charge in [-0.3, -0.25) is 4.79 Å². The van der Waals surface area contributed by atoms with E-state index in [1.165, 1.54) is 11.3 Å². The zero-order chi connectivity index (χ0) is 21.8. The summed E-state index contributed by atoms with van der Waals surface area (Å²) in [6.45, 7) is 4.25. The number of carbonyl (C=O) groups excluding carboxylic acids is 1. The Kier molecular flexibility index (Phi) is 6.74. The molecule has 0 radical (unpaired) electrons. The van der Waals surface area contributed by atoms with Crippen molar-refractivity contribution in [3.05, 3.63) is 40.4 Å². The number of nitrogens with two attached hydrogens (primary N) is 1. The fourth-order valence-corrected chi connectivity index (χ4v) is 4.35. The quantitative estimate of drug-likeness (QED) is 0.296. The summed E-state index contributed by atoms with van der Waals surface area (Å²) < 4.78 is 5.66. The first kappa shape index (κ1) is 21.6. The van der Waals surface area contributed by atoms with Crippen LogP contribution in [0, 0.1) is 12.8 Å². The van der Waals surface area contributed by atoms with Gasteiger partial charge in [-0.1, -0.05) is 23.4 Å². The number of rotatable bonds is 6. The van der Waals surface area contributed by atoms with Crippen molar-refractivity contribution in [3.63, 3.8) is 0 Å². The third-order valence-electron chi connectivity index (χ3n) is 5.54. The summed E-state index contributed by atoms with van der Waals surface area (Å²) in [6, 6.07) is 5.76. The van der Waals surface area contributed by atoms with Gasteiger partial charge in [0.2, 0.25) is 0 Å². The molecule has 9 nitrogen and oxygen atoms in total. The normalized spacial score (nSPS) is 19.5. The van der Waals surface area contributed by atoms with Gasteiger partial charge in [-0.25, -0.2) is 4.98 Å². The molecule has 1 aromatic carbocycles. The first-order valence-corrected chi connectivity index (χ1v) is 11.3. The highest BCUT2D eigenvalue weighted by atomic mass is 32.1. The van der Waals surface area contributed by atoms with Gasteiger partial charge >= 0.3 is 7.12 Å². The van der Waals surface area contributed by atoms with Gasteiger partial charge in [0.15, 0.2) is 10.8 Å². The van der Waals surface area contributed by atoms with Crippen molar-refractivity contribution in [2.75, 3.05) is 25.4 Å². The average Bonchev–Trinajstić information content (AvgIpc) is 3.19. The molecule has 1 aromatic heterocycles. The molecule has 164 valence electrons. The zero-order valence-corrected chi connectivity index (χ0v) is 18.2. The number of para-hydroxylation sites is 1. The van der Waals surface area contributed by atoms with Gasteiger partial charge < -0.3 is 30.9 Å². The van der Waals surface area contributed by atoms with E-state index >= 15 is 0 Å². The van der Waals surface area contributed by atoms with Gasteiger partial charge in [0, 0.05) is 5.38 Å². The van der Waals surface area contributed by atoms with Crippen molar-refractivity contribution in [1.82, 2.24) is 15.6 Å². The second-order valence-electron chi connectivity index (χ2n) is 7.86. The molecule has 0 spiro atoms. The summed E-state index contributed by atoms with van der Waals surface area (Å²) in [4.78, 5) is 22.8. The minimum Gasteiger partial charge on any atom is -0.534 e. The van der Waals surface area contributed by atoms with E-state index in [2.05, 4.69) is 20.8 Å². The molecule has 0 saturated carbocycles. The monoisotopic (exact) mass is 443 g/mol. The number of thiazole rings is 1. The van der Waals surface area contributed by atoms with Crippen LogP contribution in [0.5, 0.6) is 5.75 Å². The van der Waals surface area contributed by atoms with Gasteiger partial charge in [0.25, 0.3) is 5.91 Å². The minimum absolute atomic E-state index is 0.0316. The highest BCUT2D eigenvalue weighted by molar-refractivity contribution is 7.13. The van der Waals surface area contributed by atoms with Gasteiger partial charge in [-0.15, -0.1) is 11.3 Å². The number of carbonyl (C=O) groups is 1. The fourth-order valence-electron chi connectivity index (χ4n) is 3.80. The highest BCUT2D eigenvalue weighted by Gasteiger charge is 2.37. The minimum atomic E-state index is -1.17. The summed E-state index contributed by atoms with van der Waals surface area (Å²) in [5.74, 6) is -0.0816. The van der Waals surface area contributed by atoms with E-state index in [1.807, 2.05) is 25.1 Å². The SMILES string of the molecule is Cc1cccc2c1OB(O)[C@@H](NC(=O)/C(=N\OCC1CCNCC1)c1csc(N)n1)C2. The summed E-state index contributed by atoms with van der Waals surface area (Å²) in [5, 5.41) is 22.7. The van der Waals surface area contributed by atoms with Crippen molar-refractivity contribution in [3.8, 4) is 5.75 Å². The van der Waals surface area contributed by atoms with Crippen molar-refractivity contribution in [2.45, 2.75) is 32.1 Å². The van der Waals surface area contributed by atoms with E-state index in [0.29, 0.717) is 35.5 Å². The standard InChI is InChI=1S/C20H26BN5O4S/c1-12-3-2-4-14-9-16(21(28)30-18(12)14)25-19(27)17(15-11-31-20(22)24-15)26-29-10-13-5-7-23-8-6-13/h2-4,11,13,16,23,28H,5-10H2,1H3,(H2,22,24)(H,25,27)/b26-17-/t16-/m0/s1. The van der Waals surface area contributed by atoms with Crippen LogP contribution in [0.2, 0.25) is 0 Å². The molecule has 0 unspecified atom stereocenters. The molecule has 0 bridgehead atoms. The number of hydrogen-bond donors (Lipinski definition) is 4. The number of nitrogens with one attached hydrogen (secondary N) is 2. The molecule has 1 fully saturated rings. The van der Waals surface area contributed by atoms with E-state index in [4.69, 9.17) is 15.2 Å². The number of benzene rings is 1. The molecule has 31 heavy (non-hydrogen) atoms. The van der Waals surface area contributed by atoms with Crippen LogP contribution in [0.1, 0.15) is 29.7 Å². The predicted octanol–water partition coefficient (Wildman–Crippen LogP) is 0.894. The number of oxime groups is 1. The lowest BCUT2D eigenvalue weighted by Gasteiger charge is -2.29. The van der Waals surface area contributed by atoms with Crippen LogP contribution < -0.4 is 21.0 Å². The van der Waals surface area contributed by atoms with Gasteiger partial charge in [-0.2, -0.15) is 0 Å². The maximum atomic E-state index is 13.1. The Morgan fingerprint density at radius 1 is 1.48 bits per heavy atom. The molecule has 2 aliphatic rings. The molecule has 1 saturated heterocycles. The lowest BCUT2D eigenvalue weighted by atomic mass is 9.72. The van der Waals surface area contributed by atoms with Gasteiger partial charge in [-0.05, 0) is 56.3 Å². The topological polar surface area (TPSA) is 131 Å². The highest BCUT2D eigenvalue weighted by Crippen LogP contribution is 2.29. The van der Waals surface area contributed by atoms with Crippen LogP contribution in [0.4, 0.5) is 5.13 Å². The second-order valence-corrected chi connectivity index (χ2v) is 8.75. The molecule has 3 heterocycles. The van der Waals surface area contributed by atoms with E-state index in [-0.39, 0.29) is 5.71 Å². The lowest BCUT2D eigenvalue weighted by molar-refractivity contribution is -0.115. The Bertz CT molecular complexity index is 963. The van der Waals surface area contributed by atoms with Crippen molar-refractivity contribution >= 4 is 35.2 Å². The lowest BCUT2D eigenvalue weighted by Crippen LogP contribution is -2.54. The Morgan fingerprint density at radius 3 is 3.03 bits per heavy atom. The molecular weight excluding hydrogens is 417 g/mol. The molecule has 5 N–H and O–H groups in total. The Hall–Kier alpha value is -2.63. The van der Waals surface area contributed by atoms with E-state index < -0.39 is 19.0 Å². The number of fused-ring (bicyclic) bond motifs is 1. The Labute approximate surface area is 185 Å². The number of aromatic nitrogens is 1. The number of piperidine rings is 1. The molecule has 11 heteroatoms. The summed E-state index contributed by atoms with van der Waals surface area (Å²) in [5.41, 5.74) is 7.98. The third-order valence-corrected chi connectivity index (χ3v) is 6.21. The van der Waals surface area contributed by atoms with Gasteiger partial charge in [0.05, 0.1) is 5.94 Å². The fraction of sp³-hybridized carbons (Fsp3) is 0.450. The second kappa shape index (κ2) is 9.67. The smallest absolute Gasteiger partial charge is 0.534 e. The predicted molar refractivity (Wildman–Crippen MR) is 120 cm³/mol. The van der Waals surface area contributed by atoms with E-state index in [0.717, 1.165) is 37.1 Å². The third kappa shape index (κ3) is 5.17. The average molecular weight is 443 g/mol. The Morgan fingerprint density at radius 2 is 2.29 bits per heavy atom. The molecule has 1 atom stereocenters. The number of anilines is 1. The Balaban J connectivity index is 1.47. The maximum Gasteiger partial charge on any atom is 0.547 e. The number of nitrogen functional groups attached to an aromatic ring is 1. The van der Waals surface area contributed by atoms with Crippen LogP contribution in [0.25, 0.3) is 0 Å². The van der Waals surface area contributed by atoms with Crippen LogP contribution in [-0.2, 0) is 16.1 Å². The number of nitrogens with zero attached hydrogens (tertiary/aromatic N) is 2. The largest absolute Gasteiger partial charge is 0.547 e. The first-order valence-electron chi connectivity index (χ1n) is 10.4. The molecule has 4 rings (SSSR count). The first-order chi connectivity index (χ1) is 15.0. The maximum absolute atomic E-state index is 13.1. The summed E-state index contributed by atoms with van der Waals surface area (Å²) >= 11 is 1.22. The van der Waals surface area contributed by atoms with Gasteiger partial charge in [0.1, 0.15) is 18.1 Å². The summed E-state index contributed by atoms with van der Waals surface area (Å²) in [6.07, 6.45) is 2.45. The van der Waals surface area contributed by atoms with Crippen molar-refractivity contribution in [1.29, 1.82) is 0 Å². The van der Waals surface area contributed by atoms with Crippen LogP contribution in [0.3, 0.4) is 0 Å². The molecular formula is C20H26BN5O4S. The molecule has 2 aromatic rings. The molecule has 1 amide bonds. The van der Waals surface area contributed by atoms with Crippen molar-refractivity contribution in [2.24, 2.45) is 11.1 Å². The molecule has 0 aliphatic carbocycles. The molecule has 2 aliphatic heterocycles. The summed E-state index contributed by atoms with van der Waals surface area (Å²) in [7, 11) is -1.17. The zero-order valence-electron chi connectivity index (χ0n) is 17.3. The van der Waals surface area contributed by atoms with Crippen molar-refractivity contribution < 1.29 is 19.3 Å². The van der Waals surface area contributed by atoms with Crippen LogP contribution >= 0.6 is 11.3 Å². The van der Waals surface area contributed by atoms with Crippen LogP contribution in [-0.4, -0.2) is 54.4 Å². The van der Waals surface area contributed by atoms with E-state index in [1.54, 1.807) is 5.38 Å².